The van der Waals surface area contributed by atoms with Gasteiger partial charge >= 0.3 is 0 Å². The molecule has 1 aromatic rings. The number of nitrogens with one attached hydrogen (secondary N) is 1. The van der Waals surface area contributed by atoms with Crippen molar-refractivity contribution in [2.24, 2.45) is 17.3 Å². The normalized spacial score (nSPS) is 29.2. The Morgan fingerprint density at radius 1 is 1.40 bits per heavy atom. The second kappa shape index (κ2) is 7.06. The minimum absolute atomic E-state index is 0.0775. The number of amides is 1. The second-order valence-corrected chi connectivity index (χ2v) is 8.49. The summed E-state index contributed by atoms with van der Waals surface area (Å²) in [5.74, 6) is 1.19. The average Bonchev–Trinajstić information content (AvgIpc) is 3.22. The molecular weight excluding hydrogens is 334 g/mol. The lowest BCUT2D eigenvalue weighted by atomic mass is 9.80. The van der Waals surface area contributed by atoms with Crippen LogP contribution in [-0.4, -0.2) is 43.2 Å². The maximum absolute atomic E-state index is 12.9. The average molecular weight is 359 g/mol. The van der Waals surface area contributed by atoms with Crippen molar-refractivity contribution in [3.8, 4) is 6.07 Å². The zero-order chi connectivity index (χ0) is 17.3. The molecule has 5 nitrogen and oxygen atoms in total. The van der Waals surface area contributed by atoms with Crippen LogP contribution in [0.25, 0.3) is 0 Å². The number of hydrogen-bond donors (Lipinski definition) is 1. The van der Waals surface area contributed by atoms with Crippen molar-refractivity contribution < 1.29 is 9.53 Å². The summed E-state index contributed by atoms with van der Waals surface area (Å²) in [7, 11) is 0. The lowest BCUT2D eigenvalue weighted by molar-refractivity contribution is -0.133. The fourth-order valence-corrected chi connectivity index (χ4v) is 4.91. The van der Waals surface area contributed by atoms with E-state index in [4.69, 9.17) is 4.74 Å². The molecule has 134 valence electrons. The third-order valence-corrected chi connectivity index (χ3v) is 6.70. The summed E-state index contributed by atoms with van der Waals surface area (Å²) < 4.78 is 5.35. The van der Waals surface area contributed by atoms with Crippen molar-refractivity contribution in [3.05, 3.63) is 22.4 Å². The summed E-state index contributed by atoms with van der Waals surface area (Å²) in [4.78, 5) is 15.4. The maximum Gasteiger partial charge on any atom is 0.240 e. The third-order valence-electron chi connectivity index (χ3n) is 5.97. The summed E-state index contributed by atoms with van der Waals surface area (Å²) in [5.41, 5.74) is 0.456. The molecule has 0 spiro atoms. The Morgan fingerprint density at radius 2 is 2.20 bits per heavy atom. The van der Waals surface area contributed by atoms with E-state index in [-0.39, 0.29) is 11.9 Å². The minimum atomic E-state index is -0.896. The monoisotopic (exact) mass is 359 g/mol. The van der Waals surface area contributed by atoms with Crippen LogP contribution in [0.3, 0.4) is 0 Å². The van der Waals surface area contributed by atoms with Gasteiger partial charge in [-0.3, -0.25) is 9.69 Å². The van der Waals surface area contributed by atoms with Crippen LogP contribution in [-0.2, 0) is 16.1 Å². The SMILES string of the molecule is N#CC1(C(=O)N[C@H]2CN(Cc3ccsc3)C[C@@H]2C2CC2)CCOCC1. The van der Waals surface area contributed by atoms with Gasteiger partial charge in [0.05, 0.1) is 6.07 Å². The number of ether oxygens (including phenoxy) is 1. The predicted molar refractivity (Wildman–Crippen MR) is 95.8 cm³/mol. The van der Waals surface area contributed by atoms with Gasteiger partial charge in [0.15, 0.2) is 0 Å². The number of hydrogen-bond acceptors (Lipinski definition) is 5. The Morgan fingerprint density at radius 3 is 2.84 bits per heavy atom. The predicted octanol–water partition coefficient (Wildman–Crippen LogP) is 2.40. The molecule has 0 unspecified atom stereocenters. The van der Waals surface area contributed by atoms with Crippen LogP contribution in [0.4, 0.5) is 0 Å². The smallest absolute Gasteiger partial charge is 0.240 e. The largest absolute Gasteiger partial charge is 0.381 e. The molecule has 1 N–H and O–H groups in total. The lowest BCUT2D eigenvalue weighted by Crippen LogP contribution is -2.50. The molecule has 0 radical (unpaired) electrons. The molecule has 1 aromatic heterocycles. The quantitative estimate of drug-likeness (QED) is 0.877. The number of thiophene rings is 1. The number of rotatable bonds is 5. The van der Waals surface area contributed by atoms with E-state index in [1.165, 1.54) is 18.4 Å². The third kappa shape index (κ3) is 3.59. The Bertz CT molecular complexity index is 644. The van der Waals surface area contributed by atoms with Crippen molar-refractivity contribution in [2.45, 2.75) is 38.3 Å². The maximum atomic E-state index is 12.9. The van der Waals surface area contributed by atoms with Crippen LogP contribution >= 0.6 is 11.3 Å². The number of likely N-dealkylation sites (tertiary alicyclic amines) is 1. The van der Waals surface area contributed by atoms with E-state index in [2.05, 4.69) is 33.1 Å². The van der Waals surface area contributed by atoms with E-state index in [1.54, 1.807) is 11.3 Å². The van der Waals surface area contributed by atoms with Gasteiger partial charge in [0, 0.05) is 38.9 Å². The highest BCUT2D eigenvalue weighted by Crippen LogP contribution is 2.42. The Balaban J connectivity index is 1.42. The molecule has 3 heterocycles. The van der Waals surface area contributed by atoms with E-state index in [9.17, 15) is 10.1 Å². The Labute approximate surface area is 153 Å². The van der Waals surface area contributed by atoms with Gasteiger partial charge in [-0.2, -0.15) is 16.6 Å². The van der Waals surface area contributed by atoms with Crippen LogP contribution in [0.1, 0.15) is 31.2 Å². The summed E-state index contributed by atoms with van der Waals surface area (Å²) in [6, 6.07) is 4.64. The van der Waals surface area contributed by atoms with Crippen molar-refractivity contribution in [3.63, 3.8) is 0 Å². The van der Waals surface area contributed by atoms with Crippen molar-refractivity contribution in [2.75, 3.05) is 26.3 Å². The highest BCUT2D eigenvalue weighted by Gasteiger charge is 2.46. The molecule has 0 aromatic carbocycles. The van der Waals surface area contributed by atoms with Crippen molar-refractivity contribution in [1.82, 2.24) is 10.2 Å². The molecular formula is C19H25N3O2S. The van der Waals surface area contributed by atoms with E-state index >= 15 is 0 Å². The molecule has 3 fully saturated rings. The summed E-state index contributed by atoms with van der Waals surface area (Å²) in [6.45, 7) is 3.90. The van der Waals surface area contributed by atoms with Gasteiger partial charge in [-0.05, 0) is 59.9 Å². The summed E-state index contributed by atoms with van der Waals surface area (Å²) >= 11 is 1.73. The first-order valence-corrected chi connectivity index (χ1v) is 10.2. The fourth-order valence-electron chi connectivity index (χ4n) is 4.25. The molecule has 1 aliphatic carbocycles. The van der Waals surface area contributed by atoms with Crippen LogP contribution in [0.15, 0.2) is 16.8 Å². The van der Waals surface area contributed by atoms with Gasteiger partial charge in [-0.25, -0.2) is 0 Å². The van der Waals surface area contributed by atoms with Crippen LogP contribution in [0, 0.1) is 28.6 Å². The molecule has 0 bridgehead atoms. The summed E-state index contributed by atoms with van der Waals surface area (Å²) in [6.07, 6.45) is 3.57. The fraction of sp³-hybridized carbons (Fsp3) is 0.684. The second-order valence-electron chi connectivity index (χ2n) is 7.71. The van der Waals surface area contributed by atoms with Gasteiger partial charge in [-0.15, -0.1) is 0 Å². The zero-order valence-corrected chi connectivity index (χ0v) is 15.3. The van der Waals surface area contributed by atoms with E-state index in [0.717, 1.165) is 25.6 Å². The van der Waals surface area contributed by atoms with Crippen LogP contribution < -0.4 is 5.32 Å². The van der Waals surface area contributed by atoms with E-state index in [1.807, 2.05) is 0 Å². The highest BCUT2D eigenvalue weighted by molar-refractivity contribution is 7.07. The van der Waals surface area contributed by atoms with E-state index in [0.29, 0.717) is 32.0 Å². The molecule has 4 rings (SSSR count). The molecule has 3 aliphatic rings. The first kappa shape index (κ1) is 17.0. The number of nitriles is 1. The molecule has 2 saturated heterocycles. The molecule has 6 heteroatoms. The molecule has 2 aliphatic heterocycles. The first-order chi connectivity index (χ1) is 12.2. The summed E-state index contributed by atoms with van der Waals surface area (Å²) in [5, 5.41) is 17.2. The topological polar surface area (TPSA) is 65.4 Å². The van der Waals surface area contributed by atoms with Crippen molar-refractivity contribution in [1.29, 1.82) is 5.26 Å². The minimum Gasteiger partial charge on any atom is -0.381 e. The molecule has 25 heavy (non-hydrogen) atoms. The molecule has 1 amide bonds. The number of nitrogens with zero attached hydrogens (tertiary/aromatic N) is 2. The Kier molecular flexibility index (Phi) is 4.81. The zero-order valence-electron chi connectivity index (χ0n) is 14.4. The van der Waals surface area contributed by atoms with Gasteiger partial charge in [0.2, 0.25) is 5.91 Å². The standard InChI is InChI=1S/C19H25N3O2S/c20-13-19(4-6-24-7-5-19)18(23)21-17-11-22(9-14-3-8-25-12-14)10-16(17)15-1-2-15/h3,8,12,15-17H,1-2,4-7,9-11H2,(H,21,23)/t16-,17+/m1/s1. The number of carbonyl (C=O) groups is 1. The van der Waals surface area contributed by atoms with E-state index < -0.39 is 5.41 Å². The highest BCUT2D eigenvalue weighted by atomic mass is 32.1. The van der Waals surface area contributed by atoms with Gasteiger partial charge in [-0.1, -0.05) is 0 Å². The van der Waals surface area contributed by atoms with Gasteiger partial charge in [0.25, 0.3) is 0 Å². The Hall–Kier alpha value is -1.42. The van der Waals surface area contributed by atoms with Crippen LogP contribution in [0.2, 0.25) is 0 Å². The van der Waals surface area contributed by atoms with Crippen molar-refractivity contribution >= 4 is 17.2 Å². The first-order valence-electron chi connectivity index (χ1n) is 9.23. The van der Waals surface area contributed by atoms with Gasteiger partial charge < -0.3 is 10.1 Å². The number of carbonyl (C=O) groups excluding carboxylic acids is 1. The lowest BCUT2D eigenvalue weighted by Gasteiger charge is -2.31. The molecule has 1 saturated carbocycles. The molecule has 2 atom stereocenters. The van der Waals surface area contributed by atoms with Gasteiger partial charge in [0.1, 0.15) is 5.41 Å². The van der Waals surface area contributed by atoms with Crippen LogP contribution in [0.5, 0.6) is 0 Å².